The highest BCUT2D eigenvalue weighted by molar-refractivity contribution is 5.90. The summed E-state index contributed by atoms with van der Waals surface area (Å²) in [6.45, 7) is -0.416. The van der Waals surface area contributed by atoms with Crippen molar-refractivity contribution >= 4 is 11.9 Å². The first-order valence-electron chi connectivity index (χ1n) is 9.35. The summed E-state index contributed by atoms with van der Waals surface area (Å²) < 4.78 is 23.7. The van der Waals surface area contributed by atoms with E-state index in [0.29, 0.717) is 22.4 Å². The maximum absolute atomic E-state index is 13.7. The van der Waals surface area contributed by atoms with Crippen molar-refractivity contribution in [2.24, 2.45) is 0 Å². The quantitative estimate of drug-likeness (QED) is 0.362. The molecule has 168 valence electrons. The first kappa shape index (κ1) is 22.7. The number of aliphatic carboxylic acids is 1. The standard InChI is InChI=1S/C21H20FN3O7/c1-31-17-7-6-14(22)8-15(17)13-4-2-12(3-5-13)10-25(11-16(26)21(29)30)23-20(28)18-9-19(27)24-32-18/h2-9,16,26H,10-11H2,1H3,(H,23,28)(H,24,27)(H,29,30). The molecule has 1 aromatic heterocycles. The zero-order valence-corrected chi connectivity index (χ0v) is 16.9. The number of H-pyrrole nitrogens is 1. The Kier molecular flexibility index (Phi) is 7.03. The van der Waals surface area contributed by atoms with Crippen LogP contribution in [0.3, 0.4) is 0 Å². The number of hydrazine groups is 1. The Labute approximate surface area is 180 Å². The van der Waals surface area contributed by atoms with Crippen LogP contribution in [-0.2, 0) is 11.3 Å². The Balaban J connectivity index is 1.79. The molecule has 3 rings (SSSR count). The number of carboxylic acid groups (broad SMARTS) is 1. The number of hydrogen-bond acceptors (Lipinski definition) is 7. The summed E-state index contributed by atoms with van der Waals surface area (Å²) in [5.74, 6) is -2.50. The van der Waals surface area contributed by atoms with Crippen molar-refractivity contribution in [3.05, 3.63) is 76.0 Å². The van der Waals surface area contributed by atoms with E-state index < -0.39 is 35.9 Å². The number of aliphatic hydroxyl groups excluding tert-OH is 1. The molecule has 4 N–H and O–H groups in total. The van der Waals surface area contributed by atoms with Crippen molar-refractivity contribution < 1.29 is 33.5 Å². The number of hydrogen-bond donors (Lipinski definition) is 4. The van der Waals surface area contributed by atoms with Gasteiger partial charge in [0.25, 0.3) is 5.56 Å². The molecule has 0 saturated carbocycles. The summed E-state index contributed by atoms with van der Waals surface area (Å²) in [6.07, 6.45) is -1.77. The molecule has 0 aliphatic rings. The molecule has 0 aliphatic carbocycles. The number of carbonyl (C=O) groups excluding carboxylic acids is 1. The van der Waals surface area contributed by atoms with Crippen LogP contribution in [-0.4, -0.2) is 52.0 Å². The van der Waals surface area contributed by atoms with Gasteiger partial charge in [-0.1, -0.05) is 24.3 Å². The number of nitrogens with zero attached hydrogens (tertiary/aromatic N) is 1. The van der Waals surface area contributed by atoms with Gasteiger partial charge in [-0.15, -0.1) is 0 Å². The first-order valence-corrected chi connectivity index (χ1v) is 9.35. The Hall–Kier alpha value is -3.96. The number of rotatable bonds is 9. The van der Waals surface area contributed by atoms with Crippen LogP contribution in [0.4, 0.5) is 4.39 Å². The first-order chi connectivity index (χ1) is 15.3. The SMILES string of the molecule is COc1ccc(F)cc1-c1ccc(CN(CC(O)C(=O)O)NC(=O)c2cc(=O)[nH]o2)cc1. The van der Waals surface area contributed by atoms with Crippen LogP contribution < -0.4 is 15.7 Å². The second-order valence-corrected chi connectivity index (χ2v) is 6.79. The van der Waals surface area contributed by atoms with Crippen LogP contribution in [0.15, 0.2) is 57.8 Å². The number of carboxylic acids is 1. The smallest absolute Gasteiger partial charge is 0.333 e. The topological polar surface area (TPSA) is 145 Å². The molecule has 3 aromatic rings. The molecule has 1 heterocycles. The predicted octanol–water partition coefficient (Wildman–Crippen LogP) is 1.38. The van der Waals surface area contributed by atoms with Crippen LogP contribution in [0.5, 0.6) is 5.75 Å². The van der Waals surface area contributed by atoms with E-state index in [0.717, 1.165) is 6.07 Å². The lowest BCUT2D eigenvalue weighted by Crippen LogP contribution is -2.47. The number of aromatic nitrogens is 1. The summed E-state index contributed by atoms with van der Waals surface area (Å²) >= 11 is 0. The second-order valence-electron chi connectivity index (χ2n) is 6.79. The molecule has 11 heteroatoms. The van der Waals surface area contributed by atoms with Gasteiger partial charge in [0, 0.05) is 12.1 Å². The normalized spacial score (nSPS) is 11.9. The minimum absolute atomic E-state index is 0.0191. The van der Waals surface area contributed by atoms with Crippen molar-refractivity contribution in [3.63, 3.8) is 0 Å². The molecule has 32 heavy (non-hydrogen) atoms. The average Bonchev–Trinajstić information content (AvgIpc) is 3.20. The molecule has 0 saturated heterocycles. The van der Waals surface area contributed by atoms with E-state index in [1.807, 2.05) is 5.16 Å². The molecule has 1 atom stereocenters. The maximum atomic E-state index is 13.7. The van der Waals surface area contributed by atoms with E-state index >= 15 is 0 Å². The third-order valence-corrected chi connectivity index (χ3v) is 4.49. The third-order valence-electron chi connectivity index (χ3n) is 4.49. The fourth-order valence-electron chi connectivity index (χ4n) is 2.95. The molecule has 0 aliphatic heterocycles. The highest BCUT2D eigenvalue weighted by Crippen LogP contribution is 2.30. The molecule has 0 radical (unpaired) electrons. The number of halogens is 1. The molecule has 0 spiro atoms. The summed E-state index contributed by atoms with van der Waals surface area (Å²) in [5, 5.41) is 21.9. The number of amides is 1. The number of carbonyl (C=O) groups is 2. The molecule has 1 unspecified atom stereocenters. The minimum Gasteiger partial charge on any atom is -0.496 e. The van der Waals surface area contributed by atoms with E-state index in [1.54, 1.807) is 24.3 Å². The van der Waals surface area contributed by atoms with Crippen LogP contribution in [0.1, 0.15) is 16.1 Å². The molecular weight excluding hydrogens is 425 g/mol. The lowest BCUT2D eigenvalue weighted by molar-refractivity contribution is -0.148. The Morgan fingerprint density at radius 1 is 1.22 bits per heavy atom. The van der Waals surface area contributed by atoms with Crippen molar-refractivity contribution in [3.8, 4) is 16.9 Å². The van der Waals surface area contributed by atoms with Crippen LogP contribution in [0.2, 0.25) is 0 Å². The molecule has 0 bridgehead atoms. The van der Waals surface area contributed by atoms with Crippen molar-refractivity contribution in [1.82, 2.24) is 15.6 Å². The fraction of sp³-hybridized carbons (Fsp3) is 0.190. The second kappa shape index (κ2) is 9.90. The van der Waals surface area contributed by atoms with E-state index in [-0.39, 0.29) is 12.3 Å². The lowest BCUT2D eigenvalue weighted by Gasteiger charge is -2.24. The summed E-state index contributed by atoms with van der Waals surface area (Å²) in [4.78, 5) is 34.5. The van der Waals surface area contributed by atoms with Gasteiger partial charge >= 0.3 is 11.9 Å². The monoisotopic (exact) mass is 445 g/mol. The largest absolute Gasteiger partial charge is 0.496 e. The van der Waals surface area contributed by atoms with E-state index in [4.69, 9.17) is 14.4 Å². The fourth-order valence-corrected chi connectivity index (χ4v) is 2.95. The van der Waals surface area contributed by atoms with Gasteiger partial charge in [0.05, 0.1) is 19.7 Å². The van der Waals surface area contributed by atoms with E-state index in [1.165, 1.54) is 30.3 Å². The predicted molar refractivity (Wildman–Crippen MR) is 109 cm³/mol. The third kappa shape index (κ3) is 5.59. The van der Waals surface area contributed by atoms with Crippen molar-refractivity contribution in [2.45, 2.75) is 12.6 Å². The molecule has 0 fully saturated rings. The number of nitrogens with one attached hydrogen (secondary N) is 2. The average molecular weight is 445 g/mol. The zero-order chi connectivity index (χ0) is 23.3. The van der Waals surface area contributed by atoms with Gasteiger partial charge in [-0.3, -0.25) is 15.0 Å². The molecular formula is C21H20FN3O7. The van der Waals surface area contributed by atoms with Crippen LogP contribution in [0.25, 0.3) is 11.1 Å². The maximum Gasteiger partial charge on any atom is 0.333 e. The van der Waals surface area contributed by atoms with Gasteiger partial charge in [-0.2, -0.15) is 5.16 Å². The van der Waals surface area contributed by atoms with Crippen molar-refractivity contribution in [2.75, 3.05) is 13.7 Å². The highest BCUT2D eigenvalue weighted by atomic mass is 19.1. The Morgan fingerprint density at radius 3 is 2.53 bits per heavy atom. The summed E-state index contributed by atoms with van der Waals surface area (Å²) in [5.41, 5.74) is 3.67. The number of benzene rings is 2. The zero-order valence-electron chi connectivity index (χ0n) is 16.9. The van der Waals surface area contributed by atoms with Gasteiger partial charge in [0.15, 0.2) is 6.10 Å². The highest BCUT2D eigenvalue weighted by Gasteiger charge is 2.22. The molecule has 10 nitrogen and oxygen atoms in total. The van der Waals surface area contributed by atoms with Gasteiger partial charge < -0.3 is 19.5 Å². The number of ether oxygens (including phenoxy) is 1. The number of methoxy groups -OCH3 is 1. The Morgan fingerprint density at radius 2 is 1.94 bits per heavy atom. The van der Waals surface area contributed by atoms with Crippen molar-refractivity contribution in [1.29, 1.82) is 0 Å². The van der Waals surface area contributed by atoms with Gasteiger partial charge in [0.1, 0.15) is 11.6 Å². The van der Waals surface area contributed by atoms with E-state index in [2.05, 4.69) is 5.43 Å². The summed E-state index contributed by atoms with van der Waals surface area (Å²) in [6, 6.07) is 11.9. The molecule has 1 amide bonds. The van der Waals surface area contributed by atoms with E-state index in [9.17, 15) is 23.9 Å². The number of aromatic amines is 1. The van der Waals surface area contributed by atoms with Gasteiger partial charge in [-0.05, 0) is 29.3 Å². The Bertz CT molecular complexity index is 1160. The summed E-state index contributed by atoms with van der Waals surface area (Å²) in [7, 11) is 1.48. The molecule has 2 aromatic carbocycles. The van der Waals surface area contributed by atoms with Crippen LogP contribution in [0, 0.1) is 5.82 Å². The lowest BCUT2D eigenvalue weighted by atomic mass is 10.0. The number of aliphatic hydroxyl groups is 1. The minimum atomic E-state index is -1.77. The van der Waals surface area contributed by atoms with Gasteiger partial charge in [0.2, 0.25) is 5.76 Å². The van der Waals surface area contributed by atoms with Gasteiger partial charge in [-0.25, -0.2) is 14.2 Å². The van der Waals surface area contributed by atoms with Crippen LogP contribution >= 0.6 is 0 Å².